The maximum absolute atomic E-state index is 13.0. The number of fused-ring (bicyclic) bond motifs is 1. The molecule has 1 heterocycles. The molecular formula is C26H21N5O5. The van der Waals surface area contributed by atoms with E-state index in [1.807, 2.05) is 13.0 Å². The number of aromatic hydroxyl groups is 1. The highest BCUT2D eigenvalue weighted by atomic mass is 16.6. The Balaban J connectivity index is 1.70. The molecule has 0 saturated heterocycles. The number of benzene rings is 3. The van der Waals surface area contributed by atoms with E-state index >= 15 is 0 Å². The van der Waals surface area contributed by atoms with Crippen LogP contribution in [-0.2, 0) is 11.8 Å². The Bertz CT molecular complexity index is 1540. The van der Waals surface area contributed by atoms with Crippen molar-refractivity contribution in [1.29, 1.82) is 0 Å². The summed E-state index contributed by atoms with van der Waals surface area (Å²) in [6, 6.07) is 19.2. The molecule has 1 aromatic heterocycles. The molecule has 0 aliphatic rings. The van der Waals surface area contributed by atoms with E-state index in [9.17, 15) is 24.8 Å². The Morgan fingerprint density at radius 3 is 2.39 bits per heavy atom. The number of hydrogen-bond donors (Lipinski definition) is 2. The fourth-order valence-corrected chi connectivity index (χ4v) is 3.72. The number of aromatic nitrogens is 1. The van der Waals surface area contributed by atoms with Crippen molar-refractivity contribution < 1.29 is 19.6 Å². The van der Waals surface area contributed by atoms with Crippen LogP contribution in [-0.4, -0.2) is 26.4 Å². The molecule has 2 amide bonds. The first-order chi connectivity index (χ1) is 17.3. The van der Waals surface area contributed by atoms with Crippen LogP contribution in [0.3, 0.4) is 0 Å². The third-order valence-electron chi connectivity index (χ3n) is 5.53. The number of azo groups is 1. The summed E-state index contributed by atoms with van der Waals surface area (Å²) in [4.78, 5) is 36.2. The van der Waals surface area contributed by atoms with Crippen molar-refractivity contribution in [3.63, 3.8) is 0 Å². The molecule has 4 rings (SSSR count). The fourth-order valence-electron chi connectivity index (χ4n) is 3.72. The van der Waals surface area contributed by atoms with Gasteiger partial charge in [0.05, 0.1) is 10.4 Å². The van der Waals surface area contributed by atoms with Crippen molar-refractivity contribution in [2.45, 2.75) is 6.92 Å². The molecule has 0 atom stereocenters. The second-order valence-corrected chi connectivity index (χ2v) is 7.93. The smallest absolute Gasteiger partial charge is 0.311 e. The van der Waals surface area contributed by atoms with Gasteiger partial charge >= 0.3 is 5.91 Å². The summed E-state index contributed by atoms with van der Waals surface area (Å²) in [7, 11) is 1.67. The van der Waals surface area contributed by atoms with E-state index in [2.05, 4.69) is 15.5 Å². The van der Waals surface area contributed by atoms with E-state index in [4.69, 9.17) is 0 Å². The second kappa shape index (κ2) is 10.0. The highest BCUT2D eigenvalue weighted by Gasteiger charge is 2.18. The number of carbonyl (C=O) groups excluding carboxylic acids is 2. The van der Waals surface area contributed by atoms with Gasteiger partial charge in [-0.05, 0) is 48.4 Å². The van der Waals surface area contributed by atoms with Gasteiger partial charge in [0.25, 0.3) is 11.6 Å². The first-order valence-corrected chi connectivity index (χ1v) is 10.8. The van der Waals surface area contributed by atoms with Crippen molar-refractivity contribution >= 4 is 40.2 Å². The zero-order chi connectivity index (χ0) is 25.8. The van der Waals surface area contributed by atoms with Gasteiger partial charge in [-0.1, -0.05) is 36.4 Å². The van der Waals surface area contributed by atoms with E-state index in [0.29, 0.717) is 16.5 Å². The van der Waals surface area contributed by atoms with E-state index in [1.54, 1.807) is 54.1 Å². The minimum atomic E-state index is -0.873. The summed E-state index contributed by atoms with van der Waals surface area (Å²) in [6.07, 6.45) is 1.35. The van der Waals surface area contributed by atoms with Gasteiger partial charge in [-0.2, -0.15) is 0 Å². The Morgan fingerprint density at radius 2 is 1.72 bits per heavy atom. The van der Waals surface area contributed by atoms with Crippen LogP contribution in [0.15, 0.2) is 88.7 Å². The molecule has 36 heavy (non-hydrogen) atoms. The van der Waals surface area contributed by atoms with E-state index < -0.39 is 16.7 Å². The molecule has 0 aliphatic carbocycles. The Labute approximate surface area is 205 Å². The molecule has 2 N–H and O–H groups in total. The van der Waals surface area contributed by atoms with Crippen LogP contribution in [0.25, 0.3) is 17.0 Å². The number of nitro groups is 1. The highest BCUT2D eigenvalue weighted by Crippen LogP contribution is 2.39. The van der Waals surface area contributed by atoms with Gasteiger partial charge in [0.1, 0.15) is 5.70 Å². The van der Waals surface area contributed by atoms with Gasteiger partial charge in [-0.15, -0.1) is 10.2 Å². The number of aryl methyl sites for hydroxylation is 2. The Hall–Kier alpha value is -5.12. The predicted molar refractivity (Wildman–Crippen MR) is 134 cm³/mol. The summed E-state index contributed by atoms with van der Waals surface area (Å²) >= 11 is 0. The molecule has 10 heteroatoms. The normalized spacial score (nSPS) is 11.7. The topological polar surface area (TPSA) is 139 Å². The van der Waals surface area contributed by atoms with Crippen LogP contribution >= 0.6 is 0 Å². The van der Waals surface area contributed by atoms with Crippen molar-refractivity contribution in [2.75, 3.05) is 0 Å². The van der Waals surface area contributed by atoms with E-state index in [1.165, 1.54) is 30.3 Å². The number of amides is 2. The minimum absolute atomic E-state index is 0.116. The van der Waals surface area contributed by atoms with Crippen LogP contribution in [0.2, 0.25) is 0 Å². The molecule has 0 unspecified atom stereocenters. The molecule has 0 radical (unpaired) electrons. The molecule has 0 fully saturated rings. The maximum atomic E-state index is 13.0. The van der Waals surface area contributed by atoms with Crippen LogP contribution in [0.5, 0.6) is 5.88 Å². The zero-order valence-electron chi connectivity index (χ0n) is 19.4. The lowest BCUT2D eigenvalue weighted by atomic mass is 10.1. The molecule has 180 valence electrons. The number of nitrogens with zero attached hydrogens (tertiary/aromatic N) is 4. The molecule has 0 saturated carbocycles. The second-order valence-electron chi connectivity index (χ2n) is 7.93. The van der Waals surface area contributed by atoms with Gasteiger partial charge < -0.3 is 15.0 Å². The van der Waals surface area contributed by atoms with Gasteiger partial charge in [0, 0.05) is 30.1 Å². The van der Waals surface area contributed by atoms with Crippen molar-refractivity contribution in [3.05, 3.63) is 105 Å². The number of nitro benzene ring substituents is 1. The molecular weight excluding hydrogens is 462 g/mol. The lowest BCUT2D eigenvalue weighted by Gasteiger charge is -2.07. The third kappa shape index (κ3) is 4.87. The van der Waals surface area contributed by atoms with Crippen LogP contribution in [0.4, 0.5) is 11.4 Å². The lowest BCUT2D eigenvalue weighted by molar-refractivity contribution is -0.384. The number of non-ortho nitro benzene ring substituents is 1. The molecule has 0 bridgehead atoms. The minimum Gasteiger partial charge on any atom is -0.493 e. The van der Waals surface area contributed by atoms with Crippen LogP contribution in [0.1, 0.15) is 21.5 Å². The number of nitrogens with one attached hydrogen (secondary N) is 1. The quantitative estimate of drug-likeness (QED) is 0.168. The average molecular weight is 483 g/mol. The van der Waals surface area contributed by atoms with Gasteiger partial charge in [-0.3, -0.25) is 19.7 Å². The summed E-state index contributed by atoms with van der Waals surface area (Å²) < 4.78 is 1.55. The molecule has 0 spiro atoms. The van der Waals surface area contributed by atoms with Gasteiger partial charge in [0.15, 0.2) is 5.69 Å². The predicted octanol–water partition coefficient (Wildman–Crippen LogP) is 5.18. The highest BCUT2D eigenvalue weighted by molar-refractivity contribution is 6.06. The summed E-state index contributed by atoms with van der Waals surface area (Å²) in [5, 5.41) is 32.4. The van der Waals surface area contributed by atoms with Crippen molar-refractivity contribution in [2.24, 2.45) is 17.3 Å². The molecule has 10 nitrogen and oxygen atoms in total. The lowest BCUT2D eigenvalue weighted by Crippen LogP contribution is -2.26. The van der Waals surface area contributed by atoms with Crippen molar-refractivity contribution in [1.82, 2.24) is 9.88 Å². The van der Waals surface area contributed by atoms with E-state index in [-0.39, 0.29) is 23.0 Å². The van der Waals surface area contributed by atoms with Gasteiger partial charge in [-0.25, -0.2) is 0 Å². The molecule has 3 aromatic carbocycles. The third-order valence-corrected chi connectivity index (χ3v) is 5.53. The van der Waals surface area contributed by atoms with Crippen LogP contribution in [0, 0.1) is 17.0 Å². The first-order valence-electron chi connectivity index (χ1n) is 10.8. The SMILES string of the molecule is Cc1cccc2c(N=NC(=O)/C(=C\c3ccc([N+](=O)[O-])cc3)NC(=O)c3ccccc3)c(O)n(C)c12. The number of para-hydroxylation sites is 1. The Kier molecular flexibility index (Phi) is 6.68. The number of hydrogen-bond acceptors (Lipinski definition) is 6. The zero-order valence-corrected chi connectivity index (χ0v) is 19.4. The molecule has 4 aromatic rings. The largest absolute Gasteiger partial charge is 0.493 e. The fraction of sp³-hybridized carbons (Fsp3) is 0.0769. The summed E-state index contributed by atoms with van der Waals surface area (Å²) in [5.74, 6) is -1.58. The maximum Gasteiger partial charge on any atom is 0.311 e. The van der Waals surface area contributed by atoms with E-state index in [0.717, 1.165) is 11.1 Å². The first kappa shape index (κ1) is 24.0. The summed E-state index contributed by atoms with van der Waals surface area (Å²) in [5.41, 5.74) is 2.21. The summed E-state index contributed by atoms with van der Waals surface area (Å²) in [6.45, 7) is 1.89. The van der Waals surface area contributed by atoms with Gasteiger partial charge in [0.2, 0.25) is 5.88 Å². The number of rotatable bonds is 6. The molecule has 0 aliphatic heterocycles. The standard InChI is InChI=1S/C26H21N5O5/c1-16-7-6-10-20-22(26(34)30(2)23(16)20)28-29-25(33)21(27-24(32)18-8-4-3-5-9-18)15-17-11-13-19(14-12-17)31(35)36/h3-15,34H,1-2H3,(H,27,32)/b21-15+,29-28?. The number of carbonyl (C=O) groups is 2. The monoisotopic (exact) mass is 483 g/mol. The van der Waals surface area contributed by atoms with Crippen LogP contribution < -0.4 is 5.32 Å². The average Bonchev–Trinajstić information content (AvgIpc) is 3.13. The van der Waals surface area contributed by atoms with Crippen molar-refractivity contribution in [3.8, 4) is 5.88 Å². The Morgan fingerprint density at radius 1 is 1.03 bits per heavy atom.